The van der Waals surface area contributed by atoms with Crippen LogP contribution in [0.4, 0.5) is 11.4 Å². The number of furan rings is 1. The number of amides is 2. The van der Waals surface area contributed by atoms with Crippen LogP contribution < -0.4 is 20.5 Å². The molecule has 0 aliphatic carbocycles. The first-order valence-corrected chi connectivity index (χ1v) is 8.20. The zero-order chi connectivity index (χ0) is 19.9. The van der Waals surface area contributed by atoms with Gasteiger partial charge in [0.1, 0.15) is 12.4 Å². The average molecular weight is 379 g/mol. The fourth-order valence-corrected chi connectivity index (χ4v) is 2.31. The maximum Gasteiger partial charge on any atom is 0.291 e. The number of hydrogen-bond donors (Lipinski definition) is 2. The molecule has 0 spiro atoms. The Kier molecular flexibility index (Phi) is 5.71. The van der Waals surface area contributed by atoms with Crippen molar-refractivity contribution >= 4 is 29.2 Å². The summed E-state index contributed by atoms with van der Waals surface area (Å²) in [7, 11) is 0. The van der Waals surface area contributed by atoms with Crippen LogP contribution in [0.15, 0.2) is 71.3 Å². The molecule has 8 heteroatoms. The van der Waals surface area contributed by atoms with Crippen molar-refractivity contribution in [3.63, 3.8) is 0 Å². The fourth-order valence-electron chi connectivity index (χ4n) is 2.31. The molecule has 3 aromatic rings. The molecular formula is C20H15N2O6-. The smallest absolute Gasteiger partial charge is 0.291 e. The van der Waals surface area contributed by atoms with Crippen molar-refractivity contribution < 1.29 is 28.6 Å². The van der Waals surface area contributed by atoms with Gasteiger partial charge in [-0.25, -0.2) is 0 Å². The number of carboxylic acid groups (broad SMARTS) is 1. The highest BCUT2D eigenvalue weighted by Gasteiger charge is 2.10. The minimum atomic E-state index is -1.34. The van der Waals surface area contributed by atoms with Crippen LogP contribution in [0.25, 0.3) is 0 Å². The number of carbonyl (C=O) groups excluding carboxylic acids is 3. The van der Waals surface area contributed by atoms with E-state index in [1.807, 2.05) is 0 Å². The van der Waals surface area contributed by atoms with Gasteiger partial charge in [0.15, 0.2) is 5.76 Å². The topological polar surface area (TPSA) is 121 Å². The van der Waals surface area contributed by atoms with E-state index in [0.29, 0.717) is 16.9 Å². The van der Waals surface area contributed by atoms with Crippen LogP contribution >= 0.6 is 0 Å². The van der Waals surface area contributed by atoms with Gasteiger partial charge >= 0.3 is 0 Å². The molecular weight excluding hydrogens is 364 g/mol. The summed E-state index contributed by atoms with van der Waals surface area (Å²) in [6, 6.07) is 15.8. The first-order chi connectivity index (χ1) is 13.5. The Bertz CT molecular complexity index is 980. The summed E-state index contributed by atoms with van der Waals surface area (Å²) in [6.45, 7) is -0.581. The molecule has 0 atom stereocenters. The van der Waals surface area contributed by atoms with Crippen LogP contribution in [0.2, 0.25) is 0 Å². The molecule has 1 heterocycles. The maximum atomic E-state index is 12.4. The second-order valence-corrected chi connectivity index (χ2v) is 5.65. The van der Waals surface area contributed by atoms with Crippen LogP contribution in [-0.2, 0) is 4.79 Å². The van der Waals surface area contributed by atoms with Crippen molar-refractivity contribution in [2.24, 2.45) is 0 Å². The maximum absolute atomic E-state index is 12.4. The highest BCUT2D eigenvalue weighted by Crippen LogP contribution is 2.19. The molecule has 0 bridgehead atoms. The van der Waals surface area contributed by atoms with Crippen LogP contribution in [0.5, 0.6) is 5.75 Å². The molecule has 2 amide bonds. The summed E-state index contributed by atoms with van der Waals surface area (Å²) in [6.07, 6.45) is 1.40. The molecule has 0 aliphatic rings. The molecule has 8 nitrogen and oxygen atoms in total. The van der Waals surface area contributed by atoms with E-state index in [4.69, 9.17) is 9.15 Å². The van der Waals surface area contributed by atoms with E-state index in [2.05, 4.69) is 10.6 Å². The third-order valence-electron chi connectivity index (χ3n) is 3.60. The number of rotatable bonds is 7. The molecule has 3 rings (SSSR count). The van der Waals surface area contributed by atoms with Crippen LogP contribution in [0.1, 0.15) is 20.9 Å². The second-order valence-electron chi connectivity index (χ2n) is 5.65. The number of ether oxygens (including phenoxy) is 1. The van der Waals surface area contributed by atoms with Crippen molar-refractivity contribution in [3.8, 4) is 5.75 Å². The highest BCUT2D eigenvalue weighted by atomic mass is 16.5. The Morgan fingerprint density at radius 3 is 2.32 bits per heavy atom. The first kappa shape index (κ1) is 18.7. The van der Waals surface area contributed by atoms with E-state index in [-0.39, 0.29) is 17.4 Å². The molecule has 2 aromatic carbocycles. The quantitative estimate of drug-likeness (QED) is 0.647. The Morgan fingerprint density at radius 1 is 0.893 bits per heavy atom. The Labute approximate surface area is 159 Å². The van der Waals surface area contributed by atoms with E-state index in [1.165, 1.54) is 12.3 Å². The van der Waals surface area contributed by atoms with Crippen molar-refractivity contribution in [2.75, 3.05) is 17.2 Å². The first-order valence-electron chi connectivity index (χ1n) is 8.20. The van der Waals surface area contributed by atoms with Gasteiger partial charge in [0.25, 0.3) is 11.8 Å². The molecule has 2 N–H and O–H groups in total. The SMILES string of the molecule is O=C([O-])COc1cccc(NC(=O)c2ccc(NC(=O)c3ccco3)cc2)c1. The molecule has 0 radical (unpaired) electrons. The summed E-state index contributed by atoms with van der Waals surface area (Å²) < 4.78 is 10.0. The van der Waals surface area contributed by atoms with Crippen molar-refractivity contribution in [1.29, 1.82) is 0 Å². The molecule has 0 unspecified atom stereocenters. The number of hydrogen-bond acceptors (Lipinski definition) is 6. The van der Waals surface area contributed by atoms with E-state index in [0.717, 1.165) is 0 Å². The molecule has 28 heavy (non-hydrogen) atoms. The third kappa shape index (κ3) is 4.98. The van der Waals surface area contributed by atoms with Gasteiger partial charge in [-0.15, -0.1) is 0 Å². The normalized spacial score (nSPS) is 10.1. The van der Waals surface area contributed by atoms with Crippen LogP contribution in [0, 0.1) is 0 Å². The van der Waals surface area contributed by atoms with Crippen molar-refractivity contribution in [1.82, 2.24) is 0 Å². The minimum Gasteiger partial charge on any atom is -0.546 e. The fraction of sp³-hybridized carbons (Fsp3) is 0.0500. The number of nitrogens with one attached hydrogen (secondary N) is 2. The number of aliphatic carboxylic acids is 1. The molecule has 0 saturated carbocycles. The summed E-state index contributed by atoms with van der Waals surface area (Å²) in [5.41, 5.74) is 1.32. The van der Waals surface area contributed by atoms with E-state index in [9.17, 15) is 19.5 Å². The zero-order valence-corrected chi connectivity index (χ0v) is 14.5. The van der Waals surface area contributed by atoms with Gasteiger partial charge in [0, 0.05) is 23.0 Å². The monoisotopic (exact) mass is 379 g/mol. The average Bonchev–Trinajstić information content (AvgIpc) is 3.22. The highest BCUT2D eigenvalue weighted by molar-refractivity contribution is 6.05. The summed E-state index contributed by atoms with van der Waals surface area (Å²) in [5.74, 6) is -1.63. The standard InChI is InChI=1S/C20H16N2O6/c23-18(24)12-28-16-4-1-3-15(11-16)22-19(25)13-6-8-14(9-7-13)21-20(26)17-5-2-10-27-17/h1-11H,12H2,(H,21,26)(H,22,25)(H,23,24)/p-1. The Morgan fingerprint density at radius 2 is 1.64 bits per heavy atom. The minimum absolute atomic E-state index is 0.183. The van der Waals surface area contributed by atoms with Gasteiger partial charge in [-0.1, -0.05) is 6.07 Å². The Hall–Kier alpha value is -4.07. The lowest BCUT2D eigenvalue weighted by atomic mass is 10.2. The molecule has 142 valence electrons. The molecule has 0 saturated heterocycles. The lowest BCUT2D eigenvalue weighted by Crippen LogP contribution is -2.28. The van der Waals surface area contributed by atoms with Gasteiger partial charge in [0.2, 0.25) is 0 Å². The zero-order valence-electron chi connectivity index (χ0n) is 14.5. The predicted octanol–water partition coefficient (Wildman–Crippen LogP) is 1.91. The predicted molar refractivity (Wildman–Crippen MR) is 98.0 cm³/mol. The summed E-state index contributed by atoms with van der Waals surface area (Å²) in [4.78, 5) is 34.7. The number of carboxylic acids is 1. The lowest BCUT2D eigenvalue weighted by molar-refractivity contribution is -0.307. The van der Waals surface area contributed by atoms with E-state index >= 15 is 0 Å². The lowest BCUT2D eigenvalue weighted by Gasteiger charge is -2.10. The molecule has 1 aromatic heterocycles. The van der Waals surface area contributed by atoms with Gasteiger partial charge < -0.3 is 29.7 Å². The number of carbonyl (C=O) groups is 3. The summed E-state index contributed by atoms with van der Waals surface area (Å²) in [5, 5.41) is 15.8. The number of benzene rings is 2. The van der Waals surface area contributed by atoms with Gasteiger partial charge in [-0.2, -0.15) is 0 Å². The Balaban J connectivity index is 1.61. The number of anilines is 2. The largest absolute Gasteiger partial charge is 0.546 e. The van der Waals surface area contributed by atoms with Crippen molar-refractivity contribution in [2.45, 2.75) is 0 Å². The molecule has 0 aliphatic heterocycles. The van der Waals surface area contributed by atoms with Gasteiger partial charge in [-0.05, 0) is 48.5 Å². The third-order valence-corrected chi connectivity index (χ3v) is 3.60. The second kappa shape index (κ2) is 8.54. The molecule has 0 fully saturated rings. The van der Waals surface area contributed by atoms with E-state index in [1.54, 1.807) is 54.6 Å². The van der Waals surface area contributed by atoms with Crippen molar-refractivity contribution in [3.05, 3.63) is 78.3 Å². The van der Waals surface area contributed by atoms with Gasteiger partial charge in [0.05, 0.1) is 12.2 Å². The summed E-state index contributed by atoms with van der Waals surface area (Å²) >= 11 is 0. The van der Waals surface area contributed by atoms with E-state index < -0.39 is 18.5 Å². The van der Waals surface area contributed by atoms with Gasteiger partial charge in [-0.3, -0.25) is 9.59 Å². The van der Waals surface area contributed by atoms with Crippen LogP contribution in [-0.4, -0.2) is 24.4 Å². The van der Waals surface area contributed by atoms with Crippen LogP contribution in [0.3, 0.4) is 0 Å².